The normalized spacial score (nSPS) is 20.6. The molecule has 0 bridgehead atoms. The summed E-state index contributed by atoms with van der Waals surface area (Å²) in [5.74, 6) is 0.917. The van der Waals surface area contributed by atoms with E-state index in [2.05, 4.69) is 19.2 Å². The first-order valence-corrected chi connectivity index (χ1v) is 6.75. The first kappa shape index (κ1) is 14.5. The SMILES string of the molecule is CCNC1CCN(CCOCCC(C)C)C1=O. The zero-order chi connectivity index (χ0) is 12.7. The molecule has 1 heterocycles. The molecule has 0 saturated carbocycles. The minimum Gasteiger partial charge on any atom is -0.380 e. The summed E-state index contributed by atoms with van der Waals surface area (Å²) in [5.41, 5.74) is 0. The highest BCUT2D eigenvalue weighted by Gasteiger charge is 2.30. The van der Waals surface area contributed by atoms with Crippen LogP contribution in [-0.4, -0.2) is 49.7 Å². The van der Waals surface area contributed by atoms with Gasteiger partial charge in [0.05, 0.1) is 12.6 Å². The first-order chi connectivity index (χ1) is 8.15. The molecule has 1 aliphatic rings. The molecule has 1 N–H and O–H groups in total. The maximum Gasteiger partial charge on any atom is 0.239 e. The average molecular weight is 242 g/mol. The number of hydrogen-bond acceptors (Lipinski definition) is 3. The topological polar surface area (TPSA) is 41.6 Å². The Balaban J connectivity index is 2.10. The second-order valence-electron chi connectivity index (χ2n) is 5.02. The summed E-state index contributed by atoms with van der Waals surface area (Å²) in [6, 6.07) is 0.0377. The van der Waals surface area contributed by atoms with Crippen LogP contribution in [0.4, 0.5) is 0 Å². The molecule has 0 aromatic carbocycles. The third-order valence-corrected chi connectivity index (χ3v) is 3.09. The van der Waals surface area contributed by atoms with Crippen LogP contribution >= 0.6 is 0 Å². The van der Waals surface area contributed by atoms with E-state index in [0.717, 1.165) is 39.1 Å². The number of likely N-dealkylation sites (N-methyl/N-ethyl adjacent to an activating group) is 1. The van der Waals surface area contributed by atoms with Gasteiger partial charge in [-0.15, -0.1) is 0 Å². The lowest BCUT2D eigenvalue weighted by molar-refractivity contribution is -0.130. The number of hydrogen-bond donors (Lipinski definition) is 1. The molecule has 0 aliphatic carbocycles. The monoisotopic (exact) mass is 242 g/mol. The molecule has 0 spiro atoms. The molecule has 1 unspecified atom stereocenters. The van der Waals surface area contributed by atoms with Crippen LogP contribution in [0.15, 0.2) is 0 Å². The van der Waals surface area contributed by atoms with Crippen molar-refractivity contribution in [2.24, 2.45) is 5.92 Å². The van der Waals surface area contributed by atoms with Gasteiger partial charge in [-0.2, -0.15) is 0 Å². The van der Waals surface area contributed by atoms with E-state index in [0.29, 0.717) is 12.5 Å². The van der Waals surface area contributed by atoms with Crippen molar-refractivity contribution >= 4 is 5.91 Å². The van der Waals surface area contributed by atoms with E-state index < -0.39 is 0 Å². The quantitative estimate of drug-likeness (QED) is 0.652. The molecule has 1 atom stereocenters. The first-order valence-electron chi connectivity index (χ1n) is 6.75. The van der Waals surface area contributed by atoms with Crippen LogP contribution in [0.3, 0.4) is 0 Å². The lowest BCUT2D eigenvalue weighted by Gasteiger charge is -2.17. The van der Waals surface area contributed by atoms with Crippen molar-refractivity contribution in [1.82, 2.24) is 10.2 Å². The second-order valence-corrected chi connectivity index (χ2v) is 5.02. The Morgan fingerprint density at radius 2 is 2.24 bits per heavy atom. The fourth-order valence-corrected chi connectivity index (χ4v) is 1.99. The van der Waals surface area contributed by atoms with Gasteiger partial charge in [0.1, 0.15) is 0 Å². The van der Waals surface area contributed by atoms with Crippen LogP contribution in [0.5, 0.6) is 0 Å². The molecular formula is C13H26N2O2. The van der Waals surface area contributed by atoms with Gasteiger partial charge in [-0.05, 0) is 25.3 Å². The summed E-state index contributed by atoms with van der Waals surface area (Å²) < 4.78 is 5.54. The third kappa shape index (κ3) is 5.04. The van der Waals surface area contributed by atoms with Gasteiger partial charge in [-0.1, -0.05) is 20.8 Å². The van der Waals surface area contributed by atoms with Gasteiger partial charge in [0.15, 0.2) is 0 Å². The summed E-state index contributed by atoms with van der Waals surface area (Å²) in [6.45, 7) is 10.3. The summed E-state index contributed by atoms with van der Waals surface area (Å²) in [6.07, 6.45) is 2.02. The molecule has 100 valence electrons. The number of carbonyl (C=O) groups excluding carboxylic acids is 1. The highest BCUT2D eigenvalue weighted by molar-refractivity contribution is 5.83. The predicted molar refractivity (Wildman–Crippen MR) is 68.9 cm³/mol. The van der Waals surface area contributed by atoms with Crippen molar-refractivity contribution in [3.05, 3.63) is 0 Å². The molecule has 0 radical (unpaired) electrons. The van der Waals surface area contributed by atoms with Crippen LogP contribution < -0.4 is 5.32 Å². The highest BCUT2D eigenvalue weighted by Crippen LogP contribution is 2.10. The standard InChI is InChI=1S/C13H26N2O2/c1-4-14-12-5-7-15(13(12)16)8-10-17-9-6-11(2)3/h11-12,14H,4-10H2,1-3H3. The van der Waals surface area contributed by atoms with Crippen molar-refractivity contribution in [2.75, 3.05) is 32.8 Å². The Labute approximate surface area is 105 Å². The molecule has 17 heavy (non-hydrogen) atoms. The Kier molecular flexibility index (Phi) is 6.52. The Morgan fingerprint density at radius 3 is 2.88 bits per heavy atom. The fourth-order valence-electron chi connectivity index (χ4n) is 1.99. The van der Waals surface area contributed by atoms with E-state index in [1.54, 1.807) is 0 Å². The minimum atomic E-state index is 0.0377. The van der Waals surface area contributed by atoms with Gasteiger partial charge in [0.25, 0.3) is 0 Å². The second kappa shape index (κ2) is 7.67. The Bertz CT molecular complexity index is 231. The molecule has 1 saturated heterocycles. The van der Waals surface area contributed by atoms with E-state index in [9.17, 15) is 4.79 Å². The van der Waals surface area contributed by atoms with Gasteiger partial charge in [0.2, 0.25) is 5.91 Å². The minimum absolute atomic E-state index is 0.0377. The molecule has 1 aliphatic heterocycles. The summed E-state index contributed by atoms with van der Waals surface area (Å²) in [4.78, 5) is 13.8. The molecule has 1 rings (SSSR count). The van der Waals surface area contributed by atoms with Crippen LogP contribution in [0.1, 0.15) is 33.6 Å². The van der Waals surface area contributed by atoms with Crippen molar-refractivity contribution in [2.45, 2.75) is 39.7 Å². The molecule has 0 aromatic rings. The number of carbonyl (C=O) groups is 1. The van der Waals surface area contributed by atoms with Gasteiger partial charge in [-0.25, -0.2) is 0 Å². The third-order valence-electron chi connectivity index (χ3n) is 3.09. The summed E-state index contributed by atoms with van der Waals surface area (Å²) in [7, 11) is 0. The predicted octanol–water partition coefficient (Wildman–Crippen LogP) is 1.26. The maximum atomic E-state index is 11.9. The zero-order valence-electron chi connectivity index (χ0n) is 11.4. The Morgan fingerprint density at radius 1 is 1.47 bits per heavy atom. The van der Waals surface area contributed by atoms with Crippen LogP contribution in [0.2, 0.25) is 0 Å². The van der Waals surface area contributed by atoms with Crippen LogP contribution in [0, 0.1) is 5.92 Å². The highest BCUT2D eigenvalue weighted by atomic mass is 16.5. The van der Waals surface area contributed by atoms with Gasteiger partial charge in [0, 0.05) is 19.7 Å². The van der Waals surface area contributed by atoms with E-state index in [4.69, 9.17) is 4.74 Å². The fraction of sp³-hybridized carbons (Fsp3) is 0.923. The molecule has 4 heteroatoms. The van der Waals surface area contributed by atoms with E-state index in [1.165, 1.54) is 0 Å². The van der Waals surface area contributed by atoms with Crippen LogP contribution in [0.25, 0.3) is 0 Å². The number of ether oxygens (including phenoxy) is 1. The van der Waals surface area contributed by atoms with Gasteiger partial charge >= 0.3 is 0 Å². The lowest BCUT2D eigenvalue weighted by Crippen LogP contribution is -2.39. The molecule has 1 fully saturated rings. The number of nitrogens with one attached hydrogen (secondary N) is 1. The molecule has 4 nitrogen and oxygen atoms in total. The van der Waals surface area contributed by atoms with Crippen molar-refractivity contribution in [1.29, 1.82) is 0 Å². The molecule has 1 amide bonds. The number of amides is 1. The van der Waals surface area contributed by atoms with E-state index >= 15 is 0 Å². The van der Waals surface area contributed by atoms with Gasteiger partial charge in [-0.3, -0.25) is 4.79 Å². The maximum absolute atomic E-state index is 11.9. The summed E-state index contributed by atoms with van der Waals surface area (Å²) in [5, 5.41) is 3.21. The summed E-state index contributed by atoms with van der Waals surface area (Å²) >= 11 is 0. The zero-order valence-corrected chi connectivity index (χ0v) is 11.4. The average Bonchev–Trinajstić information content (AvgIpc) is 2.61. The largest absolute Gasteiger partial charge is 0.380 e. The van der Waals surface area contributed by atoms with E-state index in [1.807, 2.05) is 11.8 Å². The van der Waals surface area contributed by atoms with Gasteiger partial charge < -0.3 is 15.0 Å². The number of nitrogens with zero attached hydrogens (tertiary/aromatic N) is 1. The lowest BCUT2D eigenvalue weighted by atomic mass is 10.1. The number of likely N-dealkylation sites (tertiary alicyclic amines) is 1. The smallest absolute Gasteiger partial charge is 0.239 e. The molecular weight excluding hydrogens is 216 g/mol. The number of rotatable bonds is 8. The molecule has 0 aromatic heterocycles. The Hall–Kier alpha value is -0.610. The van der Waals surface area contributed by atoms with Crippen molar-refractivity contribution in [3.8, 4) is 0 Å². The van der Waals surface area contributed by atoms with E-state index in [-0.39, 0.29) is 11.9 Å². The van der Waals surface area contributed by atoms with Crippen molar-refractivity contribution in [3.63, 3.8) is 0 Å². The van der Waals surface area contributed by atoms with Crippen LogP contribution in [-0.2, 0) is 9.53 Å². The van der Waals surface area contributed by atoms with Crippen molar-refractivity contribution < 1.29 is 9.53 Å².